The van der Waals surface area contributed by atoms with Gasteiger partial charge < -0.3 is 9.64 Å². The van der Waals surface area contributed by atoms with Gasteiger partial charge in [0.25, 0.3) is 0 Å². The molecule has 0 aliphatic heterocycles. The molecular formula is C15H20N4O3S. The predicted molar refractivity (Wildman–Crippen MR) is 88.9 cm³/mol. The molecule has 1 N–H and O–H groups in total. The number of ether oxygens (including phenoxy) is 1. The second kappa shape index (κ2) is 7.89. The third-order valence-electron chi connectivity index (χ3n) is 2.94. The van der Waals surface area contributed by atoms with Crippen molar-refractivity contribution in [2.45, 2.75) is 6.54 Å². The van der Waals surface area contributed by atoms with E-state index in [0.29, 0.717) is 17.4 Å². The summed E-state index contributed by atoms with van der Waals surface area (Å²) in [6.07, 6.45) is 1.60. The van der Waals surface area contributed by atoms with E-state index in [9.17, 15) is 8.42 Å². The molecule has 1 heterocycles. The molecule has 124 valence electrons. The molecule has 1 aromatic heterocycles. The Morgan fingerprint density at radius 2 is 1.91 bits per heavy atom. The summed E-state index contributed by atoms with van der Waals surface area (Å²) in [4.78, 5) is 10.1. The van der Waals surface area contributed by atoms with Crippen molar-refractivity contribution in [2.75, 3.05) is 31.4 Å². The molecule has 2 aromatic rings. The van der Waals surface area contributed by atoms with E-state index >= 15 is 0 Å². The van der Waals surface area contributed by atoms with Crippen molar-refractivity contribution in [3.63, 3.8) is 0 Å². The predicted octanol–water partition coefficient (Wildman–Crippen LogP) is 1.04. The van der Waals surface area contributed by atoms with E-state index in [-0.39, 0.29) is 18.9 Å². The number of hydrogen-bond donors (Lipinski definition) is 1. The first-order chi connectivity index (χ1) is 11.0. The fraction of sp³-hybridized carbons (Fsp3) is 0.333. The number of benzene rings is 1. The molecule has 0 radical (unpaired) electrons. The smallest absolute Gasteiger partial charge is 0.225 e. The molecule has 8 heteroatoms. The molecule has 0 fully saturated rings. The Balaban J connectivity index is 1.83. The molecule has 0 spiro atoms. The molecule has 23 heavy (non-hydrogen) atoms. The Morgan fingerprint density at radius 3 is 2.61 bits per heavy atom. The van der Waals surface area contributed by atoms with Crippen LogP contribution in [0.5, 0.6) is 5.75 Å². The average molecular weight is 336 g/mol. The second-order valence-electron chi connectivity index (χ2n) is 5.04. The zero-order valence-electron chi connectivity index (χ0n) is 13.1. The van der Waals surface area contributed by atoms with Crippen LogP contribution >= 0.6 is 0 Å². The van der Waals surface area contributed by atoms with Gasteiger partial charge in [-0.25, -0.2) is 23.1 Å². The summed E-state index contributed by atoms with van der Waals surface area (Å²) in [6, 6.07) is 10.8. The van der Waals surface area contributed by atoms with Crippen LogP contribution in [0.25, 0.3) is 0 Å². The van der Waals surface area contributed by atoms with Crippen molar-refractivity contribution in [1.82, 2.24) is 14.7 Å². The number of nitrogens with zero attached hydrogens (tertiary/aromatic N) is 3. The van der Waals surface area contributed by atoms with Gasteiger partial charge in [-0.2, -0.15) is 0 Å². The van der Waals surface area contributed by atoms with E-state index in [2.05, 4.69) is 14.7 Å². The second-order valence-corrected chi connectivity index (χ2v) is 6.97. The lowest BCUT2D eigenvalue weighted by molar-refractivity contribution is 0.340. The van der Waals surface area contributed by atoms with E-state index in [4.69, 9.17) is 4.74 Å². The van der Waals surface area contributed by atoms with Crippen LogP contribution in [0.15, 0.2) is 42.6 Å². The molecule has 0 atom stereocenters. The quantitative estimate of drug-likeness (QED) is 0.775. The first kappa shape index (κ1) is 17.2. The monoisotopic (exact) mass is 336 g/mol. The van der Waals surface area contributed by atoms with Crippen LogP contribution in [-0.2, 0) is 16.6 Å². The van der Waals surface area contributed by atoms with Crippen LogP contribution in [0.4, 0.5) is 5.95 Å². The molecule has 7 nitrogen and oxygen atoms in total. The Hall–Kier alpha value is -2.19. The summed E-state index contributed by atoms with van der Waals surface area (Å²) in [6.45, 7) is 0.211. The van der Waals surface area contributed by atoms with Crippen molar-refractivity contribution in [3.8, 4) is 5.75 Å². The maximum absolute atomic E-state index is 12.0. The van der Waals surface area contributed by atoms with E-state index < -0.39 is 10.0 Å². The molecule has 0 amide bonds. The lowest BCUT2D eigenvalue weighted by Crippen LogP contribution is -2.29. The third kappa shape index (κ3) is 5.84. The Bertz CT molecular complexity index is 721. The van der Waals surface area contributed by atoms with E-state index in [1.54, 1.807) is 29.3 Å². The number of nitrogens with one attached hydrogen (secondary N) is 1. The summed E-state index contributed by atoms with van der Waals surface area (Å²) in [5.41, 5.74) is 0.608. The normalized spacial score (nSPS) is 11.2. The minimum atomic E-state index is -3.43. The minimum Gasteiger partial charge on any atom is -0.492 e. The molecule has 0 aliphatic rings. The summed E-state index contributed by atoms with van der Waals surface area (Å²) < 4.78 is 31.8. The third-order valence-corrected chi connectivity index (χ3v) is 4.23. The van der Waals surface area contributed by atoms with Crippen molar-refractivity contribution in [1.29, 1.82) is 0 Å². The maximum Gasteiger partial charge on any atom is 0.225 e. The first-order valence-corrected chi connectivity index (χ1v) is 8.76. The fourth-order valence-corrected chi connectivity index (χ4v) is 2.56. The van der Waals surface area contributed by atoms with Crippen LogP contribution in [0.3, 0.4) is 0 Å². The molecule has 1 aromatic carbocycles. The fourth-order valence-electron chi connectivity index (χ4n) is 1.74. The van der Waals surface area contributed by atoms with Crippen LogP contribution in [0.1, 0.15) is 5.69 Å². The van der Waals surface area contributed by atoms with Crippen LogP contribution in [0, 0.1) is 0 Å². The van der Waals surface area contributed by atoms with Crippen LogP contribution < -0.4 is 14.4 Å². The van der Waals surface area contributed by atoms with Crippen LogP contribution in [-0.4, -0.2) is 44.8 Å². The highest BCUT2D eigenvalue weighted by atomic mass is 32.2. The zero-order chi connectivity index (χ0) is 16.7. The number of hydrogen-bond acceptors (Lipinski definition) is 6. The van der Waals surface area contributed by atoms with Gasteiger partial charge >= 0.3 is 0 Å². The maximum atomic E-state index is 12.0. The molecular weight excluding hydrogens is 316 g/mol. The molecule has 0 unspecified atom stereocenters. The van der Waals surface area contributed by atoms with Gasteiger partial charge in [-0.05, 0) is 18.2 Å². The number of rotatable bonds is 8. The molecule has 0 aliphatic carbocycles. The highest BCUT2D eigenvalue weighted by molar-refractivity contribution is 7.89. The Kier molecular flexibility index (Phi) is 5.89. The summed E-state index contributed by atoms with van der Waals surface area (Å²) in [7, 11) is 0.215. The van der Waals surface area contributed by atoms with E-state index in [0.717, 1.165) is 0 Å². The van der Waals surface area contributed by atoms with Gasteiger partial charge in [0.2, 0.25) is 16.0 Å². The zero-order valence-corrected chi connectivity index (χ0v) is 14.0. The SMILES string of the molecule is CN(C)c1nccc(CNS(=O)(=O)CCOc2ccccc2)n1. The summed E-state index contributed by atoms with van der Waals surface area (Å²) in [5, 5.41) is 0. The number of para-hydroxylation sites is 1. The Morgan fingerprint density at radius 1 is 1.17 bits per heavy atom. The number of sulfonamides is 1. The average Bonchev–Trinajstić information content (AvgIpc) is 2.54. The lowest BCUT2D eigenvalue weighted by Gasteiger charge is -2.11. The van der Waals surface area contributed by atoms with Gasteiger partial charge in [0.1, 0.15) is 12.4 Å². The van der Waals surface area contributed by atoms with Gasteiger partial charge in [-0.3, -0.25) is 0 Å². The van der Waals surface area contributed by atoms with Crippen molar-refractivity contribution in [2.24, 2.45) is 0 Å². The Labute approximate surface area is 136 Å². The minimum absolute atomic E-state index is 0.0894. The number of anilines is 1. The van der Waals surface area contributed by atoms with Gasteiger partial charge in [-0.15, -0.1) is 0 Å². The highest BCUT2D eigenvalue weighted by Crippen LogP contribution is 2.08. The lowest BCUT2D eigenvalue weighted by atomic mass is 10.3. The molecule has 0 saturated heterocycles. The molecule has 2 rings (SSSR count). The summed E-state index contributed by atoms with van der Waals surface area (Å²) in [5.74, 6) is 1.07. The topological polar surface area (TPSA) is 84.4 Å². The van der Waals surface area contributed by atoms with Gasteiger partial charge in [0.05, 0.1) is 18.0 Å². The van der Waals surface area contributed by atoms with Crippen molar-refractivity contribution in [3.05, 3.63) is 48.3 Å². The van der Waals surface area contributed by atoms with E-state index in [1.807, 2.05) is 32.3 Å². The summed E-state index contributed by atoms with van der Waals surface area (Å²) >= 11 is 0. The van der Waals surface area contributed by atoms with Crippen molar-refractivity contribution >= 4 is 16.0 Å². The molecule has 0 saturated carbocycles. The van der Waals surface area contributed by atoms with E-state index in [1.165, 1.54) is 0 Å². The highest BCUT2D eigenvalue weighted by Gasteiger charge is 2.11. The van der Waals surface area contributed by atoms with Crippen LogP contribution in [0.2, 0.25) is 0 Å². The number of aromatic nitrogens is 2. The first-order valence-electron chi connectivity index (χ1n) is 7.11. The van der Waals surface area contributed by atoms with Crippen molar-refractivity contribution < 1.29 is 13.2 Å². The van der Waals surface area contributed by atoms with Gasteiger partial charge in [0.15, 0.2) is 0 Å². The standard InChI is InChI=1S/C15H20N4O3S/c1-19(2)15-16-9-8-13(18-15)12-17-23(20,21)11-10-22-14-6-4-3-5-7-14/h3-9,17H,10-12H2,1-2H3. The van der Waals surface area contributed by atoms with Gasteiger partial charge in [-0.1, -0.05) is 18.2 Å². The van der Waals surface area contributed by atoms with Gasteiger partial charge in [0, 0.05) is 20.3 Å². The largest absolute Gasteiger partial charge is 0.492 e. The molecule has 0 bridgehead atoms.